The molecule has 0 radical (unpaired) electrons. The van der Waals surface area contributed by atoms with Crippen LogP contribution in [0.15, 0.2) is 0 Å². The summed E-state index contributed by atoms with van der Waals surface area (Å²) in [5.41, 5.74) is 0. The maximum atomic E-state index is 12.3. The molecule has 37 heavy (non-hydrogen) atoms. The van der Waals surface area contributed by atoms with Crippen LogP contribution in [0.2, 0.25) is 0 Å². The van der Waals surface area contributed by atoms with Crippen LogP contribution in [0.3, 0.4) is 0 Å². The second kappa shape index (κ2) is 26.9. The van der Waals surface area contributed by atoms with E-state index in [1.165, 1.54) is 96.3 Å². The van der Waals surface area contributed by atoms with Gasteiger partial charge in [-0.15, -0.1) is 0 Å². The van der Waals surface area contributed by atoms with E-state index in [4.69, 9.17) is 0 Å². The van der Waals surface area contributed by atoms with Crippen LogP contribution in [-0.4, -0.2) is 57.3 Å². The summed E-state index contributed by atoms with van der Waals surface area (Å²) in [4.78, 5) is 12.3. The number of hydrogen-bond acceptors (Lipinski definition) is 5. The lowest BCUT2D eigenvalue weighted by Gasteiger charge is -2.27. The van der Waals surface area contributed by atoms with Gasteiger partial charge in [-0.2, -0.15) is 0 Å². The molecule has 0 aromatic rings. The van der Waals surface area contributed by atoms with Gasteiger partial charge >= 0.3 is 0 Å². The molecule has 0 heterocycles. The standard InChI is InChI=1S/C31H63NO5/c1-3-5-7-9-11-13-15-17-19-21-23-25-29(35)31(37)32-27(26-33)30(36)28(34)24-22-20-18-16-14-12-10-8-6-4-2/h27-30,33-36H,3-26H2,1-2H3,(H,32,37). The average molecular weight is 530 g/mol. The first-order valence-electron chi connectivity index (χ1n) is 15.9. The molecule has 0 aliphatic carbocycles. The molecule has 0 spiro atoms. The van der Waals surface area contributed by atoms with Gasteiger partial charge in [0.05, 0.1) is 18.8 Å². The molecular weight excluding hydrogens is 466 g/mol. The molecule has 0 bridgehead atoms. The third kappa shape index (κ3) is 21.9. The number of unbranched alkanes of at least 4 members (excludes halogenated alkanes) is 19. The van der Waals surface area contributed by atoms with Gasteiger partial charge in [0, 0.05) is 0 Å². The lowest BCUT2D eigenvalue weighted by molar-refractivity contribution is -0.132. The third-order valence-electron chi connectivity index (χ3n) is 7.57. The maximum Gasteiger partial charge on any atom is 0.249 e. The molecule has 0 fully saturated rings. The van der Waals surface area contributed by atoms with Crippen LogP contribution < -0.4 is 5.32 Å². The van der Waals surface area contributed by atoms with Crippen LogP contribution in [0.25, 0.3) is 0 Å². The van der Waals surface area contributed by atoms with E-state index < -0.39 is 36.9 Å². The van der Waals surface area contributed by atoms with E-state index in [1.807, 2.05) is 0 Å². The largest absolute Gasteiger partial charge is 0.394 e. The molecule has 6 heteroatoms. The van der Waals surface area contributed by atoms with Crippen molar-refractivity contribution in [1.82, 2.24) is 5.32 Å². The number of amides is 1. The highest BCUT2D eigenvalue weighted by Gasteiger charge is 2.28. The predicted octanol–water partition coefficient (Wildman–Crippen LogP) is 6.56. The summed E-state index contributed by atoms with van der Waals surface area (Å²) in [6.45, 7) is 3.98. The summed E-state index contributed by atoms with van der Waals surface area (Å²) in [7, 11) is 0. The van der Waals surface area contributed by atoms with Crippen LogP contribution >= 0.6 is 0 Å². The Hall–Kier alpha value is -0.690. The van der Waals surface area contributed by atoms with Crippen molar-refractivity contribution in [3.05, 3.63) is 0 Å². The Morgan fingerprint density at radius 1 is 0.568 bits per heavy atom. The maximum absolute atomic E-state index is 12.3. The van der Waals surface area contributed by atoms with Crippen molar-refractivity contribution in [3.63, 3.8) is 0 Å². The van der Waals surface area contributed by atoms with Gasteiger partial charge in [0.25, 0.3) is 0 Å². The van der Waals surface area contributed by atoms with Crippen LogP contribution in [0.5, 0.6) is 0 Å². The zero-order valence-corrected chi connectivity index (χ0v) is 24.5. The fourth-order valence-corrected chi connectivity index (χ4v) is 4.93. The molecule has 0 rings (SSSR count). The number of nitrogens with one attached hydrogen (secondary N) is 1. The molecule has 1 amide bonds. The fraction of sp³-hybridized carbons (Fsp3) is 0.968. The normalized spacial score (nSPS) is 14.9. The molecule has 0 aromatic carbocycles. The van der Waals surface area contributed by atoms with Gasteiger partial charge in [0.1, 0.15) is 12.2 Å². The Labute approximate surface area is 229 Å². The number of rotatable bonds is 28. The molecule has 0 aliphatic rings. The Morgan fingerprint density at radius 2 is 0.919 bits per heavy atom. The molecule has 0 aromatic heterocycles. The van der Waals surface area contributed by atoms with Crippen LogP contribution in [0.4, 0.5) is 0 Å². The molecule has 0 aliphatic heterocycles. The number of aliphatic hydroxyl groups is 4. The Kier molecular flexibility index (Phi) is 26.4. The zero-order valence-electron chi connectivity index (χ0n) is 24.5. The Morgan fingerprint density at radius 3 is 1.30 bits per heavy atom. The minimum atomic E-state index is -1.25. The van der Waals surface area contributed by atoms with Gasteiger partial charge in [-0.05, 0) is 12.8 Å². The molecule has 4 atom stereocenters. The second-order valence-corrected chi connectivity index (χ2v) is 11.2. The second-order valence-electron chi connectivity index (χ2n) is 11.2. The smallest absolute Gasteiger partial charge is 0.249 e. The summed E-state index contributed by atoms with van der Waals surface area (Å²) in [5, 5.41) is 43.1. The number of hydrogen-bond donors (Lipinski definition) is 5. The van der Waals surface area contributed by atoms with Crippen molar-refractivity contribution < 1.29 is 25.2 Å². The highest BCUT2D eigenvalue weighted by Crippen LogP contribution is 2.15. The van der Waals surface area contributed by atoms with E-state index in [2.05, 4.69) is 19.2 Å². The summed E-state index contributed by atoms with van der Waals surface area (Å²) in [6, 6.07) is -0.974. The molecule has 5 N–H and O–H groups in total. The molecule has 0 saturated heterocycles. The first kappa shape index (κ1) is 36.3. The van der Waals surface area contributed by atoms with Crippen LogP contribution in [-0.2, 0) is 4.79 Å². The predicted molar refractivity (Wildman–Crippen MR) is 155 cm³/mol. The van der Waals surface area contributed by atoms with Crippen molar-refractivity contribution >= 4 is 5.91 Å². The molecule has 4 unspecified atom stereocenters. The van der Waals surface area contributed by atoms with Crippen molar-refractivity contribution in [3.8, 4) is 0 Å². The Bertz CT molecular complexity index is 490. The number of carbonyl (C=O) groups excluding carboxylic acids is 1. The summed E-state index contributed by atoms with van der Waals surface area (Å²) in [6.07, 6.45) is 22.6. The van der Waals surface area contributed by atoms with E-state index in [0.717, 1.165) is 38.5 Å². The van der Waals surface area contributed by atoms with Crippen molar-refractivity contribution in [2.45, 2.75) is 186 Å². The average Bonchev–Trinajstić information content (AvgIpc) is 2.90. The van der Waals surface area contributed by atoms with E-state index >= 15 is 0 Å². The minimum absolute atomic E-state index is 0.373. The van der Waals surface area contributed by atoms with Crippen molar-refractivity contribution in [1.29, 1.82) is 0 Å². The molecule has 0 saturated carbocycles. The van der Waals surface area contributed by atoms with Gasteiger partial charge in [0.15, 0.2) is 0 Å². The molecule has 222 valence electrons. The van der Waals surface area contributed by atoms with Crippen molar-refractivity contribution in [2.75, 3.05) is 6.61 Å². The highest BCUT2D eigenvalue weighted by molar-refractivity contribution is 5.80. The van der Waals surface area contributed by atoms with Gasteiger partial charge in [-0.1, -0.05) is 149 Å². The molecular formula is C31H63NO5. The fourth-order valence-electron chi connectivity index (χ4n) is 4.93. The summed E-state index contributed by atoms with van der Waals surface area (Å²) in [5.74, 6) is -0.587. The van der Waals surface area contributed by atoms with E-state index in [1.54, 1.807) is 0 Å². The lowest BCUT2D eigenvalue weighted by atomic mass is 9.99. The summed E-state index contributed by atoms with van der Waals surface area (Å²) >= 11 is 0. The zero-order chi connectivity index (χ0) is 27.6. The topological polar surface area (TPSA) is 110 Å². The number of carbonyl (C=O) groups is 1. The first-order chi connectivity index (χ1) is 18.0. The monoisotopic (exact) mass is 529 g/mol. The van der Waals surface area contributed by atoms with E-state index in [9.17, 15) is 25.2 Å². The summed E-state index contributed by atoms with van der Waals surface area (Å²) < 4.78 is 0. The third-order valence-corrected chi connectivity index (χ3v) is 7.57. The van der Waals surface area contributed by atoms with Gasteiger partial charge in [0.2, 0.25) is 5.91 Å². The Balaban J connectivity index is 3.89. The minimum Gasteiger partial charge on any atom is -0.394 e. The van der Waals surface area contributed by atoms with Crippen LogP contribution in [0.1, 0.15) is 162 Å². The van der Waals surface area contributed by atoms with Gasteiger partial charge in [-0.3, -0.25) is 4.79 Å². The van der Waals surface area contributed by atoms with E-state index in [-0.39, 0.29) is 0 Å². The number of aliphatic hydroxyl groups excluding tert-OH is 4. The SMILES string of the molecule is CCCCCCCCCCCCCC(O)C(=O)NC(CO)C(O)C(O)CCCCCCCCCCCC. The first-order valence-corrected chi connectivity index (χ1v) is 15.9. The molecule has 6 nitrogen and oxygen atoms in total. The quantitative estimate of drug-likeness (QED) is 0.0737. The lowest BCUT2D eigenvalue weighted by Crippen LogP contribution is -2.53. The van der Waals surface area contributed by atoms with E-state index in [0.29, 0.717) is 12.8 Å². The van der Waals surface area contributed by atoms with Gasteiger partial charge < -0.3 is 25.7 Å². The van der Waals surface area contributed by atoms with Crippen molar-refractivity contribution in [2.24, 2.45) is 0 Å². The van der Waals surface area contributed by atoms with Gasteiger partial charge in [-0.25, -0.2) is 0 Å². The van der Waals surface area contributed by atoms with Crippen LogP contribution in [0, 0.1) is 0 Å². The highest BCUT2D eigenvalue weighted by atomic mass is 16.3.